The van der Waals surface area contributed by atoms with E-state index in [1.165, 1.54) is 10.2 Å². The summed E-state index contributed by atoms with van der Waals surface area (Å²) in [5, 5.41) is 11.6. The van der Waals surface area contributed by atoms with E-state index in [0.29, 0.717) is 12.2 Å². The van der Waals surface area contributed by atoms with Gasteiger partial charge in [-0.05, 0) is 21.6 Å². The van der Waals surface area contributed by atoms with Crippen LogP contribution in [0.25, 0.3) is 0 Å². The van der Waals surface area contributed by atoms with Gasteiger partial charge in [0.1, 0.15) is 13.2 Å². The van der Waals surface area contributed by atoms with E-state index in [2.05, 4.69) is 33.4 Å². The lowest BCUT2D eigenvalue weighted by Gasteiger charge is -2.09. The molecule has 0 spiro atoms. The van der Waals surface area contributed by atoms with Crippen LogP contribution in [0.15, 0.2) is 60.7 Å². The Labute approximate surface area is 151 Å². The minimum Gasteiger partial charge on any atom is -0.459 e. The normalized spacial score (nSPS) is 11.9. The first kappa shape index (κ1) is 17.8. The standard InChI is InChI=1S/C19H21N5O2/c20-17(11-15-7-3-1-4-8-15)12-18-21-22-23-24(18)13-19(25)26-14-16-9-5-2-6-10-16/h1-10,17H,11-14,20H2/p+1. The first-order chi connectivity index (χ1) is 12.7. The summed E-state index contributed by atoms with van der Waals surface area (Å²) in [4.78, 5) is 12.1. The Hall–Kier alpha value is -3.06. The topological polar surface area (TPSA) is 97.5 Å². The van der Waals surface area contributed by atoms with Crippen molar-refractivity contribution in [3.63, 3.8) is 0 Å². The Balaban J connectivity index is 1.52. The number of carbonyl (C=O) groups excluding carboxylic acids is 1. The highest BCUT2D eigenvalue weighted by Gasteiger charge is 2.17. The molecular weight excluding hydrogens is 330 g/mol. The van der Waals surface area contributed by atoms with Crippen molar-refractivity contribution in [3.05, 3.63) is 77.6 Å². The Kier molecular flexibility index (Phi) is 6.05. The molecule has 0 saturated heterocycles. The molecule has 134 valence electrons. The van der Waals surface area contributed by atoms with E-state index in [4.69, 9.17) is 4.74 Å². The van der Waals surface area contributed by atoms with Crippen LogP contribution in [0.1, 0.15) is 17.0 Å². The number of aromatic nitrogens is 4. The second-order valence-corrected chi connectivity index (χ2v) is 6.16. The molecule has 1 aromatic heterocycles. The molecule has 0 saturated carbocycles. The van der Waals surface area contributed by atoms with Gasteiger partial charge in [-0.25, -0.2) is 4.68 Å². The summed E-state index contributed by atoms with van der Waals surface area (Å²) in [6.07, 6.45) is 1.42. The fraction of sp³-hybridized carbons (Fsp3) is 0.263. The molecule has 26 heavy (non-hydrogen) atoms. The summed E-state index contributed by atoms with van der Waals surface area (Å²) >= 11 is 0. The molecule has 1 atom stereocenters. The van der Waals surface area contributed by atoms with Gasteiger partial charge in [0.15, 0.2) is 5.82 Å². The van der Waals surface area contributed by atoms with Crippen LogP contribution in [0.4, 0.5) is 0 Å². The lowest BCUT2D eigenvalue weighted by molar-refractivity contribution is -0.419. The van der Waals surface area contributed by atoms with Crippen LogP contribution in [0, 0.1) is 0 Å². The summed E-state index contributed by atoms with van der Waals surface area (Å²) in [7, 11) is 0. The Morgan fingerprint density at radius 1 is 1.00 bits per heavy atom. The third-order valence-corrected chi connectivity index (χ3v) is 3.97. The van der Waals surface area contributed by atoms with Crippen LogP contribution >= 0.6 is 0 Å². The van der Waals surface area contributed by atoms with Gasteiger partial charge in [-0.1, -0.05) is 60.7 Å². The molecule has 3 aromatic rings. The third-order valence-electron chi connectivity index (χ3n) is 3.97. The maximum Gasteiger partial charge on any atom is 0.328 e. The van der Waals surface area contributed by atoms with Gasteiger partial charge >= 0.3 is 5.97 Å². The predicted molar refractivity (Wildman–Crippen MR) is 94.6 cm³/mol. The first-order valence-electron chi connectivity index (χ1n) is 8.52. The molecule has 1 unspecified atom stereocenters. The smallest absolute Gasteiger partial charge is 0.328 e. The molecule has 2 aromatic carbocycles. The Morgan fingerprint density at radius 2 is 1.65 bits per heavy atom. The molecule has 0 fully saturated rings. The highest BCUT2D eigenvalue weighted by Crippen LogP contribution is 2.06. The Bertz CT molecular complexity index is 820. The number of carbonyl (C=O) groups is 1. The maximum absolute atomic E-state index is 12.1. The molecule has 0 aliphatic rings. The maximum atomic E-state index is 12.1. The first-order valence-corrected chi connectivity index (χ1v) is 8.52. The van der Waals surface area contributed by atoms with Crippen LogP contribution in [0.3, 0.4) is 0 Å². The number of benzene rings is 2. The third kappa shape index (κ3) is 5.22. The summed E-state index contributed by atoms with van der Waals surface area (Å²) in [6.45, 7) is 0.232. The second kappa shape index (κ2) is 8.87. The molecule has 7 nitrogen and oxygen atoms in total. The lowest BCUT2D eigenvalue weighted by Crippen LogP contribution is -2.63. The molecule has 0 aliphatic heterocycles. The van der Waals surface area contributed by atoms with E-state index in [0.717, 1.165) is 12.0 Å². The molecular formula is C19H22N5O2+. The molecule has 3 rings (SSSR count). The summed E-state index contributed by atoms with van der Waals surface area (Å²) in [5.74, 6) is 0.267. The van der Waals surface area contributed by atoms with E-state index in [1.807, 2.05) is 48.5 Å². The number of quaternary nitrogens is 1. The minimum absolute atomic E-state index is 0.00672. The summed E-state index contributed by atoms with van der Waals surface area (Å²) in [6, 6.07) is 19.8. The molecule has 0 radical (unpaired) electrons. The summed E-state index contributed by atoms with van der Waals surface area (Å²) < 4.78 is 6.77. The number of ether oxygens (including phenoxy) is 1. The molecule has 0 amide bonds. The van der Waals surface area contributed by atoms with E-state index in [-0.39, 0.29) is 25.2 Å². The summed E-state index contributed by atoms with van der Waals surface area (Å²) in [5.41, 5.74) is 6.34. The van der Waals surface area contributed by atoms with Gasteiger partial charge in [-0.3, -0.25) is 4.79 Å². The van der Waals surface area contributed by atoms with E-state index < -0.39 is 0 Å². The van der Waals surface area contributed by atoms with Gasteiger partial charge in [-0.15, -0.1) is 5.10 Å². The van der Waals surface area contributed by atoms with Crippen molar-refractivity contribution in [3.8, 4) is 0 Å². The lowest BCUT2D eigenvalue weighted by atomic mass is 10.0. The van der Waals surface area contributed by atoms with Crippen molar-refractivity contribution in [2.45, 2.75) is 32.0 Å². The van der Waals surface area contributed by atoms with Crippen LogP contribution in [-0.2, 0) is 35.5 Å². The van der Waals surface area contributed by atoms with Crippen LogP contribution < -0.4 is 5.73 Å². The van der Waals surface area contributed by atoms with E-state index in [9.17, 15) is 4.79 Å². The zero-order valence-corrected chi connectivity index (χ0v) is 14.5. The molecule has 0 bridgehead atoms. The largest absolute Gasteiger partial charge is 0.459 e. The van der Waals surface area contributed by atoms with Crippen LogP contribution in [-0.4, -0.2) is 32.2 Å². The molecule has 1 heterocycles. The number of nitrogens with zero attached hydrogens (tertiary/aromatic N) is 4. The fourth-order valence-electron chi connectivity index (χ4n) is 2.68. The molecule has 3 N–H and O–H groups in total. The minimum atomic E-state index is -0.369. The van der Waals surface area contributed by atoms with E-state index in [1.54, 1.807) is 0 Å². The van der Waals surface area contributed by atoms with Crippen LogP contribution in [0.2, 0.25) is 0 Å². The number of tetrazole rings is 1. The number of hydrogen-bond donors (Lipinski definition) is 1. The number of rotatable bonds is 8. The predicted octanol–water partition coefficient (Wildman–Crippen LogP) is 0.812. The highest BCUT2D eigenvalue weighted by atomic mass is 16.5. The highest BCUT2D eigenvalue weighted by molar-refractivity contribution is 5.69. The van der Waals surface area contributed by atoms with Gasteiger partial charge in [-0.2, -0.15) is 0 Å². The number of hydrogen-bond acceptors (Lipinski definition) is 5. The van der Waals surface area contributed by atoms with Gasteiger partial charge < -0.3 is 10.5 Å². The van der Waals surface area contributed by atoms with Crippen molar-refractivity contribution in [1.82, 2.24) is 20.2 Å². The fourth-order valence-corrected chi connectivity index (χ4v) is 2.68. The van der Waals surface area contributed by atoms with Crippen molar-refractivity contribution in [1.29, 1.82) is 0 Å². The van der Waals surface area contributed by atoms with Gasteiger partial charge in [0.25, 0.3) is 0 Å². The molecule has 7 heteroatoms. The van der Waals surface area contributed by atoms with Crippen LogP contribution in [0.5, 0.6) is 0 Å². The van der Waals surface area contributed by atoms with Crippen molar-refractivity contribution in [2.24, 2.45) is 0 Å². The second-order valence-electron chi connectivity index (χ2n) is 6.16. The average Bonchev–Trinajstić information content (AvgIpc) is 3.08. The zero-order valence-electron chi connectivity index (χ0n) is 14.5. The average molecular weight is 352 g/mol. The molecule has 0 aliphatic carbocycles. The van der Waals surface area contributed by atoms with E-state index >= 15 is 0 Å². The van der Waals surface area contributed by atoms with Crippen molar-refractivity contribution < 1.29 is 15.3 Å². The Morgan fingerprint density at radius 3 is 2.35 bits per heavy atom. The van der Waals surface area contributed by atoms with Crippen molar-refractivity contribution >= 4 is 5.97 Å². The van der Waals surface area contributed by atoms with Crippen molar-refractivity contribution in [2.75, 3.05) is 0 Å². The van der Waals surface area contributed by atoms with Gasteiger partial charge in [0.05, 0.1) is 12.5 Å². The van der Waals surface area contributed by atoms with Gasteiger partial charge in [0, 0.05) is 6.42 Å². The monoisotopic (exact) mass is 352 g/mol. The van der Waals surface area contributed by atoms with Gasteiger partial charge in [0.2, 0.25) is 0 Å². The SMILES string of the molecule is [NH3+]C(Cc1ccccc1)Cc1nnnn1CC(=O)OCc1ccccc1. The zero-order chi connectivity index (χ0) is 18.2. The quantitative estimate of drug-likeness (QED) is 0.605. The number of esters is 1.